The minimum atomic E-state index is -3.55. The Kier molecular flexibility index (Phi) is 7.69. The molecule has 1 N–H and O–H groups in total. The third-order valence-corrected chi connectivity index (χ3v) is 6.86. The van der Waals surface area contributed by atoms with E-state index in [1.165, 1.54) is 25.0 Å². The van der Waals surface area contributed by atoms with Gasteiger partial charge >= 0.3 is 0 Å². The van der Waals surface area contributed by atoms with Gasteiger partial charge in [0.05, 0.1) is 12.4 Å². The van der Waals surface area contributed by atoms with Crippen LogP contribution >= 0.6 is 0 Å². The molecule has 27 heavy (non-hydrogen) atoms. The van der Waals surface area contributed by atoms with Crippen molar-refractivity contribution in [2.24, 2.45) is 11.3 Å². The molecule has 1 saturated heterocycles. The average Bonchev–Trinajstić information content (AvgIpc) is 2.96. The molecular weight excluding hydrogens is 365 g/mol. The van der Waals surface area contributed by atoms with Crippen LogP contribution < -0.4 is 10.1 Å². The molecule has 1 aromatic carbocycles. The number of hydrogen-bond donors (Lipinski definition) is 1. The zero-order valence-corrected chi connectivity index (χ0v) is 17.9. The Morgan fingerprint density at radius 2 is 2.04 bits per heavy atom. The average molecular weight is 400 g/mol. The molecule has 154 valence electrons. The predicted octanol–water partition coefficient (Wildman–Crippen LogP) is 4.58. The Labute approximate surface area is 163 Å². The summed E-state index contributed by atoms with van der Waals surface area (Å²) in [7, 11) is -3.55. The minimum Gasteiger partial charge on any atom is -0.493 e. The molecule has 1 aromatic rings. The summed E-state index contributed by atoms with van der Waals surface area (Å²) < 4.78 is 43.8. The highest BCUT2D eigenvalue weighted by Crippen LogP contribution is 2.29. The van der Waals surface area contributed by atoms with Crippen molar-refractivity contribution < 1.29 is 17.5 Å². The fourth-order valence-corrected chi connectivity index (χ4v) is 5.17. The first-order chi connectivity index (χ1) is 12.6. The lowest BCUT2D eigenvalue weighted by Gasteiger charge is -2.23. The monoisotopic (exact) mass is 399 g/mol. The number of ether oxygens (including phenoxy) is 1. The molecule has 2 atom stereocenters. The SMILES string of the molecule is CCCS(=O)(=O)c1ccc(OCCCC2CNC(CC(C)(C)C)C2)cc1F. The molecule has 0 bridgehead atoms. The molecule has 4 nitrogen and oxygen atoms in total. The van der Waals surface area contributed by atoms with Crippen molar-refractivity contribution in [3.05, 3.63) is 24.0 Å². The number of halogens is 1. The Morgan fingerprint density at radius 1 is 1.30 bits per heavy atom. The first kappa shape index (κ1) is 22.2. The molecule has 0 aliphatic carbocycles. The van der Waals surface area contributed by atoms with Crippen LogP contribution in [0.4, 0.5) is 4.39 Å². The zero-order valence-electron chi connectivity index (χ0n) is 17.1. The lowest BCUT2D eigenvalue weighted by atomic mass is 9.86. The van der Waals surface area contributed by atoms with Crippen LogP contribution in [-0.4, -0.2) is 33.4 Å². The molecule has 0 spiro atoms. The van der Waals surface area contributed by atoms with Crippen molar-refractivity contribution in [3.8, 4) is 5.75 Å². The topological polar surface area (TPSA) is 55.4 Å². The summed E-state index contributed by atoms with van der Waals surface area (Å²) in [6.07, 6.45) is 4.85. The van der Waals surface area contributed by atoms with E-state index in [4.69, 9.17) is 4.74 Å². The van der Waals surface area contributed by atoms with E-state index in [-0.39, 0.29) is 10.6 Å². The van der Waals surface area contributed by atoms with E-state index in [1.807, 2.05) is 0 Å². The molecule has 6 heteroatoms. The summed E-state index contributed by atoms with van der Waals surface area (Å²) in [5.74, 6) is 0.277. The fraction of sp³-hybridized carbons (Fsp3) is 0.714. The number of sulfone groups is 1. The Hall–Kier alpha value is -1.14. The van der Waals surface area contributed by atoms with E-state index in [0.29, 0.717) is 36.2 Å². The van der Waals surface area contributed by atoms with Gasteiger partial charge in [-0.25, -0.2) is 12.8 Å². The van der Waals surface area contributed by atoms with Gasteiger partial charge in [0, 0.05) is 12.1 Å². The second-order valence-corrected chi connectivity index (χ2v) is 11.0. The van der Waals surface area contributed by atoms with Gasteiger partial charge in [-0.05, 0) is 62.1 Å². The molecule has 1 aliphatic rings. The maximum atomic E-state index is 14.1. The van der Waals surface area contributed by atoms with Gasteiger partial charge < -0.3 is 10.1 Å². The van der Waals surface area contributed by atoms with Crippen LogP contribution in [-0.2, 0) is 9.84 Å². The lowest BCUT2D eigenvalue weighted by molar-refractivity contribution is 0.289. The van der Waals surface area contributed by atoms with Gasteiger partial charge in [-0.2, -0.15) is 0 Å². The van der Waals surface area contributed by atoms with Crippen molar-refractivity contribution >= 4 is 9.84 Å². The first-order valence-corrected chi connectivity index (χ1v) is 11.6. The fourth-order valence-electron chi connectivity index (χ4n) is 3.78. The van der Waals surface area contributed by atoms with Crippen LogP contribution in [0.15, 0.2) is 23.1 Å². The predicted molar refractivity (Wildman–Crippen MR) is 107 cm³/mol. The van der Waals surface area contributed by atoms with Crippen molar-refractivity contribution in [3.63, 3.8) is 0 Å². The second kappa shape index (κ2) is 9.37. The van der Waals surface area contributed by atoms with Crippen LogP contribution in [0.1, 0.15) is 59.8 Å². The molecule has 0 radical (unpaired) electrons. The third-order valence-electron chi connectivity index (χ3n) is 4.91. The standard InChI is InChI=1S/C21H34FNO3S/c1-5-11-27(24,25)20-9-8-18(13-19(20)22)26-10-6-7-16-12-17(23-15-16)14-21(2,3)4/h8-9,13,16-17,23H,5-7,10-12,14-15H2,1-4H3. The van der Waals surface area contributed by atoms with Crippen molar-refractivity contribution in [1.82, 2.24) is 5.32 Å². The van der Waals surface area contributed by atoms with Gasteiger partial charge in [-0.3, -0.25) is 0 Å². The summed E-state index contributed by atoms with van der Waals surface area (Å²) in [5, 5.41) is 3.61. The van der Waals surface area contributed by atoms with Crippen LogP contribution in [0, 0.1) is 17.2 Å². The molecule has 2 unspecified atom stereocenters. The molecular formula is C21H34FNO3S. The van der Waals surface area contributed by atoms with Gasteiger partial charge in [0.25, 0.3) is 0 Å². The zero-order chi connectivity index (χ0) is 20.1. The highest BCUT2D eigenvalue weighted by molar-refractivity contribution is 7.91. The van der Waals surface area contributed by atoms with E-state index >= 15 is 0 Å². The van der Waals surface area contributed by atoms with E-state index < -0.39 is 15.7 Å². The Bertz CT molecular complexity index is 713. The molecule has 0 aromatic heterocycles. The number of hydrogen-bond acceptors (Lipinski definition) is 4. The first-order valence-electron chi connectivity index (χ1n) is 9.99. The number of benzene rings is 1. The smallest absolute Gasteiger partial charge is 0.181 e. The quantitative estimate of drug-likeness (QED) is 0.618. The molecule has 1 fully saturated rings. The van der Waals surface area contributed by atoms with Crippen LogP contribution in [0.5, 0.6) is 5.75 Å². The van der Waals surface area contributed by atoms with Gasteiger partial charge in [-0.15, -0.1) is 0 Å². The van der Waals surface area contributed by atoms with Gasteiger partial charge in [0.1, 0.15) is 16.5 Å². The van der Waals surface area contributed by atoms with Crippen LogP contribution in [0.2, 0.25) is 0 Å². The second-order valence-electron chi connectivity index (χ2n) is 8.87. The van der Waals surface area contributed by atoms with E-state index in [1.54, 1.807) is 13.0 Å². The third kappa shape index (κ3) is 7.07. The van der Waals surface area contributed by atoms with E-state index in [0.717, 1.165) is 19.4 Å². The maximum absolute atomic E-state index is 14.1. The van der Waals surface area contributed by atoms with E-state index in [2.05, 4.69) is 26.1 Å². The van der Waals surface area contributed by atoms with E-state index in [9.17, 15) is 12.8 Å². The summed E-state index contributed by atoms with van der Waals surface area (Å²) in [5.41, 5.74) is 0.344. The normalized spacial score (nSPS) is 20.8. The summed E-state index contributed by atoms with van der Waals surface area (Å²) in [6, 6.07) is 4.64. The molecule has 1 heterocycles. The number of nitrogens with one attached hydrogen (secondary N) is 1. The Morgan fingerprint density at radius 3 is 2.67 bits per heavy atom. The number of rotatable bonds is 9. The molecule has 2 rings (SSSR count). The highest BCUT2D eigenvalue weighted by Gasteiger charge is 2.27. The summed E-state index contributed by atoms with van der Waals surface area (Å²) >= 11 is 0. The summed E-state index contributed by atoms with van der Waals surface area (Å²) in [6.45, 7) is 10.1. The summed E-state index contributed by atoms with van der Waals surface area (Å²) in [4.78, 5) is -0.237. The molecule has 0 saturated carbocycles. The minimum absolute atomic E-state index is 0.0459. The van der Waals surface area contributed by atoms with Gasteiger partial charge in [0.15, 0.2) is 9.84 Å². The van der Waals surface area contributed by atoms with Crippen molar-refractivity contribution in [2.45, 2.75) is 70.7 Å². The highest BCUT2D eigenvalue weighted by atomic mass is 32.2. The van der Waals surface area contributed by atoms with Crippen molar-refractivity contribution in [1.29, 1.82) is 0 Å². The van der Waals surface area contributed by atoms with Gasteiger partial charge in [-0.1, -0.05) is 27.7 Å². The maximum Gasteiger partial charge on any atom is 0.181 e. The van der Waals surface area contributed by atoms with Crippen LogP contribution in [0.25, 0.3) is 0 Å². The van der Waals surface area contributed by atoms with Crippen molar-refractivity contribution in [2.75, 3.05) is 18.9 Å². The Balaban J connectivity index is 1.76. The van der Waals surface area contributed by atoms with Gasteiger partial charge in [0.2, 0.25) is 0 Å². The largest absolute Gasteiger partial charge is 0.493 e. The van der Waals surface area contributed by atoms with Crippen LogP contribution in [0.3, 0.4) is 0 Å². The lowest BCUT2D eigenvalue weighted by Crippen LogP contribution is -2.26. The molecule has 0 amide bonds. The molecule has 1 aliphatic heterocycles.